The SMILES string of the molecule is COC(CS(=O)(=O)Nc1ccc(F)cc1C(=O)O)C(C)C. The Balaban J connectivity index is 3.02. The molecule has 0 radical (unpaired) electrons. The molecule has 1 unspecified atom stereocenters. The van der Waals surface area contributed by atoms with Gasteiger partial charge < -0.3 is 9.84 Å². The van der Waals surface area contributed by atoms with Crippen molar-refractivity contribution in [2.45, 2.75) is 20.0 Å². The first-order valence-electron chi connectivity index (χ1n) is 6.22. The van der Waals surface area contributed by atoms with Gasteiger partial charge in [-0.3, -0.25) is 4.72 Å². The van der Waals surface area contributed by atoms with E-state index in [2.05, 4.69) is 4.72 Å². The number of carboxylic acids is 1. The molecule has 0 saturated carbocycles. The van der Waals surface area contributed by atoms with Crippen molar-refractivity contribution < 1.29 is 27.4 Å². The predicted octanol–water partition coefficient (Wildman–Crippen LogP) is 1.94. The van der Waals surface area contributed by atoms with E-state index >= 15 is 0 Å². The Morgan fingerprint density at radius 1 is 1.43 bits per heavy atom. The molecule has 0 aliphatic carbocycles. The number of carbonyl (C=O) groups is 1. The summed E-state index contributed by atoms with van der Waals surface area (Å²) in [6, 6.07) is 2.82. The molecule has 1 rings (SSSR count). The minimum atomic E-state index is -3.82. The number of rotatable bonds is 7. The molecule has 0 bridgehead atoms. The van der Waals surface area contributed by atoms with Gasteiger partial charge in [-0.15, -0.1) is 0 Å². The van der Waals surface area contributed by atoms with E-state index in [4.69, 9.17) is 9.84 Å². The summed E-state index contributed by atoms with van der Waals surface area (Å²) in [4.78, 5) is 11.0. The summed E-state index contributed by atoms with van der Waals surface area (Å²) in [5.41, 5.74) is -0.625. The number of hydrogen-bond donors (Lipinski definition) is 2. The summed E-state index contributed by atoms with van der Waals surface area (Å²) >= 11 is 0. The van der Waals surface area contributed by atoms with Gasteiger partial charge in [0.25, 0.3) is 0 Å². The van der Waals surface area contributed by atoms with Crippen LogP contribution in [0.15, 0.2) is 18.2 Å². The van der Waals surface area contributed by atoms with Crippen LogP contribution in [0.5, 0.6) is 0 Å². The number of aromatic carboxylic acids is 1. The van der Waals surface area contributed by atoms with Gasteiger partial charge in [-0.2, -0.15) is 0 Å². The molecule has 0 saturated heterocycles. The van der Waals surface area contributed by atoms with E-state index in [0.29, 0.717) is 0 Å². The van der Waals surface area contributed by atoms with Crippen LogP contribution in [0.2, 0.25) is 0 Å². The van der Waals surface area contributed by atoms with Crippen LogP contribution in [0.4, 0.5) is 10.1 Å². The number of anilines is 1. The third kappa shape index (κ3) is 4.98. The molecule has 0 aromatic heterocycles. The smallest absolute Gasteiger partial charge is 0.337 e. The Labute approximate surface area is 123 Å². The Bertz CT molecular complexity index is 615. The maximum atomic E-state index is 13.1. The average molecular weight is 319 g/mol. The highest BCUT2D eigenvalue weighted by molar-refractivity contribution is 7.92. The second-order valence-corrected chi connectivity index (χ2v) is 6.66. The predicted molar refractivity (Wildman–Crippen MR) is 76.4 cm³/mol. The van der Waals surface area contributed by atoms with E-state index < -0.39 is 33.5 Å². The summed E-state index contributed by atoms with van der Waals surface area (Å²) in [5, 5.41) is 8.98. The van der Waals surface area contributed by atoms with Gasteiger partial charge in [-0.25, -0.2) is 17.6 Å². The lowest BCUT2D eigenvalue weighted by Crippen LogP contribution is -2.31. The lowest BCUT2D eigenvalue weighted by atomic mass is 10.1. The number of benzene rings is 1. The summed E-state index contributed by atoms with van der Waals surface area (Å²) in [6.07, 6.45) is -0.531. The van der Waals surface area contributed by atoms with Gasteiger partial charge in [-0.05, 0) is 24.1 Å². The maximum absolute atomic E-state index is 13.1. The van der Waals surface area contributed by atoms with Crippen molar-refractivity contribution in [2.75, 3.05) is 17.6 Å². The first kappa shape index (κ1) is 17.4. The van der Waals surface area contributed by atoms with Gasteiger partial charge in [0.2, 0.25) is 10.0 Å². The summed E-state index contributed by atoms with van der Waals surface area (Å²) in [6.45, 7) is 3.62. The van der Waals surface area contributed by atoms with Crippen LogP contribution in [0, 0.1) is 11.7 Å². The van der Waals surface area contributed by atoms with Crippen molar-refractivity contribution in [1.29, 1.82) is 0 Å². The normalized spacial score (nSPS) is 13.2. The fraction of sp³-hybridized carbons (Fsp3) is 0.462. The van der Waals surface area contributed by atoms with Crippen LogP contribution in [-0.4, -0.2) is 38.5 Å². The minimum Gasteiger partial charge on any atom is -0.478 e. The average Bonchev–Trinajstić information content (AvgIpc) is 2.37. The van der Waals surface area contributed by atoms with Crippen LogP contribution in [0.3, 0.4) is 0 Å². The second-order valence-electron chi connectivity index (χ2n) is 4.90. The molecule has 0 spiro atoms. The maximum Gasteiger partial charge on any atom is 0.337 e. The Hall–Kier alpha value is -1.67. The van der Waals surface area contributed by atoms with E-state index in [1.807, 2.05) is 13.8 Å². The number of halogens is 1. The van der Waals surface area contributed by atoms with Crippen molar-refractivity contribution in [3.8, 4) is 0 Å². The van der Waals surface area contributed by atoms with Gasteiger partial charge in [0.1, 0.15) is 5.82 Å². The zero-order valence-electron chi connectivity index (χ0n) is 12.0. The summed E-state index contributed by atoms with van der Waals surface area (Å²) in [5.74, 6) is -2.53. The highest BCUT2D eigenvalue weighted by atomic mass is 32.2. The summed E-state index contributed by atoms with van der Waals surface area (Å²) < 4.78 is 44.4. The van der Waals surface area contributed by atoms with E-state index in [1.165, 1.54) is 7.11 Å². The van der Waals surface area contributed by atoms with Gasteiger partial charge in [0.05, 0.1) is 23.1 Å². The fourth-order valence-electron chi connectivity index (χ4n) is 1.74. The first-order valence-corrected chi connectivity index (χ1v) is 7.87. The monoisotopic (exact) mass is 319 g/mol. The van der Waals surface area contributed by atoms with Crippen LogP contribution < -0.4 is 4.72 Å². The second kappa shape index (κ2) is 6.86. The number of carboxylic acid groups (broad SMARTS) is 1. The summed E-state index contributed by atoms with van der Waals surface area (Å²) in [7, 11) is -2.42. The van der Waals surface area contributed by atoms with Gasteiger partial charge in [0.15, 0.2) is 0 Å². The molecular formula is C13H18FNO5S. The molecule has 1 atom stereocenters. The van der Waals surface area contributed by atoms with Crippen LogP contribution in [0.25, 0.3) is 0 Å². The number of hydrogen-bond acceptors (Lipinski definition) is 4. The first-order chi connectivity index (χ1) is 9.66. The highest BCUT2D eigenvalue weighted by Crippen LogP contribution is 2.19. The highest BCUT2D eigenvalue weighted by Gasteiger charge is 2.23. The van der Waals surface area contributed by atoms with E-state index in [-0.39, 0.29) is 17.4 Å². The molecule has 6 nitrogen and oxygen atoms in total. The van der Waals surface area contributed by atoms with Crippen molar-refractivity contribution in [1.82, 2.24) is 0 Å². The molecule has 8 heteroatoms. The third-order valence-electron chi connectivity index (χ3n) is 2.91. The van der Waals surface area contributed by atoms with Gasteiger partial charge in [-0.1, -0.05) is 13.8 Å². The zero-order valence-corrected chi connectivity index (χ0v) is 12.8. The van der Waals surface area contributed by atoms with Crippen LogP contribution >= 0.6 is 0 Å². The molecular weight excluding hydrogens is 301 g/mol. The van der Waals surface area contributed by atoms with Crippen LogP contribution in [-0.2, 0) is 14.8 Å². The molecule has 2 N–H and O–H groups in total. The molecule has 1 aromatic carbocycles. The molecule has 0 fully saturated rings. The minimum absolute atomic E-state index is 0.0289. The fourth-order valence-corrected chi connectivity index (χ4v) is 3.29. The zero-order chi connectivity index (χ0) is 16.2. The van der Waals surface area contributed by atoms with E-state index in [0.717, 1.165) is 18.2 Å². The topological polar surface area (TPSA) is 92.7 Å². The van der Waals surface area contributed by atoms with Gasteiger partial charge in [0, 0.05) is 7.11 Å². The standard InChI is InChI=1S/C13H18FNO5S/c1-8(2)12(20-3)7-21(18,19)15-11-5-4-9(14)6-10(11)13(16)17/h4-6,8,12,15H,7H2,1-3H3,(H,16,17). The largest absolute Gasteiger partial charge is 0.478 e. The van der Waals surface area contributed by atoms with E-state index in [9.17, 15) is 17.6 Å². The molecule has 0 aliphatic heterocycles. The lowest BCUT2D eigenvalue weighted by Gasteiger charge is -2.20. The Morgan fingerprint density at radius 3 is 2.52 bits per heavy atom. The van der Waals surface area contributed by atoms with Crippen molar-refractivity contribution >= 4 is 21.7 Å². The number of ether oxygens (including phenoxy) is 1. The third-order valence-corrected chi connectivity index (χ3v) is 4.21. The van der Waals surface area contributed by atoms with Crippen molar-refractivity contribution in [2.24, 2.45) is 5.92 Å². The molecule has 1 aromatic rings. The Kier molecular flexibility index (Phi) is 5.68. The van der Waals surface area contributed by atoms with Crippen molar-refractivity contribution in [3.63, 3.8) is 0 Å². The number of sulfonamides is 1. The molecule has 0 amide bonds. The lowest BCUT2D eigenvalue weighted by molar-refractivity contribution is 0.0697. The van der Waals surface area contributed by atoms with E-state index in [1.54, 1.807) is 0 Å². The van der Waals surface area contributed by atoms with Gasteiger partial charge >= 0.3 is 5.97 Å². The quantitative estimate of drug-likeness (QED) is 0.801. The molecule has 118 valence electrons. The molecule has 0 heterocycles. The van der Waals surface area contributed by atoms with Crippen molar-refractivity contribution in [3.05, 3.63) is 29.6 Å². The molecule has 21 heavy (non-hydrogen) atoms. The molecule has 0 aliphatic rings. The van der Waals surface area contributed by atoms with Crippen LogP contribution in [0.1, 0.15) is 24.2 Å². The number of methoxy groups -OCH3 is 1. The Morgan fingerprint density at radius 2 is 2.05 bits per heavy atom. The number of nitrogens with one attached hydrogen (secondary N) is 1.